The van der Waals surface area contributed by atoms with Crippen LogP contribution >= 0.6 is 0 Å². The molecule has 0 saturated carbocycles. The minimum Gasteiger partial charge on any atom is -0.311 e. The van der Waals surface area contributed by atoms with Crippen LogP contribution in [0.15, 0.2) is 261 Å². The lowest BCUT2D eigenvalue weighted by molar-refractivity contribution is 0.590. The van der Waals surface area contributed by atoms with E-state index >= 15 is 0 Å². The summed E-state index contributed by atoms with van der Waals surface area (Å²) < 4.78 is 2.19. The van der Waals surface area contributed by atoms with Gasteiger partial charge in [-0.3, -0.25) is 4.40 Å². The lowest BCUT2D eigenvalue weighted by Crippen LogP contribution is -2.13. The second kappa shape index (κ2) is 18.5. The zero-order chi connectivity index (χ0) is 46.7. The molecular weight excluding hydrogens is 837 g/mol. The van der Waals surface area contributed by atoms with Crippen molar-refractivity contribution in [1.82, 2.24) is 9.38 Å². The van der Waals surface area contributed by atoms with Crippen molar-refractivity contribution in [2.24, 2.45) is 0 Å². The van der Waals surface area contributed by atoms with E-state index in [0.29, 0.717) is 0 Å². The molecule has 0 aliphatic rings. The molecule has 69 heavy (non-hydrogen) atoms. The number of pyridine rings is 1. The van der Waals surface area contributed by atoms with Crippen LogP contribution in [0.4, 0.5) is 34.1 Å². The molecule has 2 heterocycles. The molecule has 0 N–H and O–H groups in total. The van der Waals surface area contributed by atoms with Gasteiger partial charge in [0.25, 0.3) is 0 Å². The molecule has 4 heteroatoms. The summed E-state index contributed by atoms with van der Waals surface area (Å²) in [5, 5.41) is 0. The molecule has 0 aliphatic carbocycles. The van der Waals surface area contributed by atoms with Crippen molar-refractivity contribution in [3.8, 4) is 55.9 Å². The average Bonchev–Trinajstić information content (AvgIpc) is 3.80. The minimum absolute atomic E-state index is 0.0362. The molecule has 0 saturated heterocycles. The van der Waals surface area contributed by atoms with Crippen LogP contribution in [0.2, 0.25) is 0 Å². The van der Waals surface area contributed by atoms with E-state index in [9.17, 15) is 0 Å². The first-order chi connectivity index (χ1) is 33.8. The maximum absolute atomic E-state index is 5.21. The van der Waals surface area contributed by atoms with Crippen LogP contribution in [-0.2, 0) is 5.41 Å². The van der Waals surface area contributed by atoms with E-state index in [1.165, 1.54) is 27.8 Å². The fourth-order valence-corrected chi connectivity index (χ4v) is 9.34. The molecule has 0 atom stereocenters. The number of imidazole rings is 1. The van der Waals surface area contributed by atoms with Crippen molar-refractivity contribution in [1.29, 1.82) is 0 Å². The molecule has 0 radical (unpaired) electrons. The van der Waals surface area contributed by atoms with Gasteiger partial charge in [0.1, 0.15) is 5.65 Å². The van der Waals surface area contributed by atoms with Crippen molar-refractivity contribution in [3.63, 3.8) is 0 Å². The van der Waals surface area contributed by atoms with Gasteiger partial charge < -0.3 is 9.80 Å². The monoisotopic (exact) mass is 888 g/mol. The van der Waals surface area contributed by atoms with Gasteiger partial charge in [-0.05, 0) is 129 Å². The van der Waals surface area contributed by atoms with Gasteiger partial charge in [0.2, 0.25) is 0 Å². The highest BCUT2D eigenvalue weighted by Gasteiger charge is 2.21. The Labute approximate surface area is 405 Å². The maximum Gasteiger partial charge on any atom is 0.137 e. The number of anilines is 6. The quantitative estimate of drug-likeness (QED) is 0.129. The molecule has 11 rings (SSSR count). The molecule has 0 unspecified atom stereocenters. The number of benzene rings is 9. The lowest BCUT2D eigenvalue weighted by Gasteiger charge is -2.27. The van der Waals surface area contributed by atoms with Gasteiger partial charge in [0.15, 0.2) is 0 Å². The van der Waals surface area contributed by atoms with Crippen LogP contribution in [0.25, 0.3) is 61.5 Å². The van der Waals surface area contributed by atoms with Crippen LogP contribution in [-0.4, -0.2) is 9.38 Å². The van der Waals surface area contributed by atoms with Crippen LogP contribution in [0.1, 0.15) is 26.3 Å². The molecule has 9 aromatic carbocycles. The molecular formula is C65H52N4. The Balaban J connectivity index is 0.938. The van der Waals surface area contributed by atoms with Gasteiger partial charge in [0.05, 0.1) is 11.4 Å². The molecule has 11 aromatic rings. The van der Waals surface area contributed by atoms with Gasteiger partial charge in [-0.25, -0.2) is 4.98 Å². The molecule has 0 amide bonds. The molecule has 4 nitrogen and oxygen atoms in total. The van der Waals surface area contributed by atoms with E-state index in [2.05, 4.69) is 290 Å². The van der Waals surface area contributed by atoms with E-state index in [1.807, 2.05) is 6.07 Å². The highest BCUT2D eigenvalue weighted by atomic mass is 15.1. The lowest BCUT2D eigenvalue weighted by atomic mass is 9.87. The summed E-state index contributed by atoms with van der Waals surface area (Å²) in [5.74, 6) is 0. The summed E-state index contributed by atoms with van der Waals surface area (Å²) in [4.78, 5) is 9.90. The average molecular weight is 889 g/mol. The highest BCUT2D eigenvalue weighted by molar-refractivity contribution is 5.87. The molecule has 0 fully saturated rings. The molecule has 332 valence electrons. The van der Waals surface area contributed by atoms with Gasteiger partial charge in [-0.1, -0.05) is 191 Å². The van der Waals surface area contributed by atoms with E-state index in [1.54, 1.807) is 0 Å². The predicted octanol–water partition coefficient (Wildman–Crippen LogP) is 17.9. The van der Waals surface area contributed by atoms with Gasteiger partial charge >= 0.3 is 0 Å². The normalized spacial score (nSPS) is 11.4. The second-order valence-electron chi connectivity index (χ2n) is 18.5. The number of hydrogen-bond acceptors (Lipinski definition) is 3. The fourth-order valence-electron chi connectivity index (χ4n) is 9.34. The van der Waals surface area contributed by atoms with Gasteiger partial charge in [-0.15, -0.1) is 0 Å². The first kappa shape index (κ1) is 42.9. The first-order valence-corrected chi connectivity index (χ1v) is 23.7. The van der Waals surface area contributed by atoms with E-state index in [-0.39, 0.29) is 5.41 Å². The Morgan fingerprint density at radius 3 is 1.12 bits per heavy atom. The van der Waals surface area contributed by atoms with Crippen LogP contribution in [0.5, 0.6) is 0 Å². The van der Waals surface area contributed by atoms with Crippen molar-refractivity contribution in [3.05, 3.63) is 267 Å². The molecule has 2 aromatic heterocycles. The fraction of sp³-hybridized carbons (Fsp3) is 0.0615. The second-order valence-corrected chi connectivity index (χ2v) is 18.5. The van der Waals surface area contributed by atoms with Crippen molar-refractivity contribution < 1.29 is 0 Å². The Kier molecular flexibility index (Phi) is 11.5. The summed E-state index contributed by atoms with van der Waals surface area (Å²) in [6.45, 7) is 6.78. The topological polar surface area (TPSA) is 23.8 Å². The van der Waals surface area contributed by atoms with Gasteiger partial charge in [0, 0.05) is 51.4 Å². The molecule has 0 bridgehead atoms. The highest BCUT2D eigenvalue weighted by Crippen LogP contribution is 2.42. The van der Waals surface area contributed by atoms with E-state index < -0.39 is 0 Å². The van der Waals surface area contributed by atoms with E-state index in [0.717, 1.165) is 73.4 Å². The summed E-state index contributed by atoms with van der Waals surface area (Å²) in [6, 6.07) is 91.3. The maximum atomic E-state index is 5.21. The summed E-state index contributed by atoms with van der Waals surface area (Å²) in [6.07, 6.45) is 2.10. The van der Waals surface area contributed by atoms with Crippen LogP contribution in [0.3, 0.4) is 0 Å². The molecule has 0 spiro atoms. The third-order valence-electron chi connectivity index (χ3n) is 13.0. The number of nitrogens with zero attached hydrogens (tertiary/aromatic N) is 4. The number of aromatic nitrogens is 2. The number of hydrogen-bond donors (Lipinski definition) is 0. The van der Waals surface area contributed by atoms with Crippen molar-refractivity contribution in [2.45, 2.75) is 26.2 Å². The summed E-state index contributed by atoms with van der Waals surface area (Å²) >= 11 is 0. The Morgan fingerprint density at radius 1 is 0.319 bits per heavy atom. The van der Waals surface area contributed by atoms with Crippen molar-refractivity contribution >= 4 is 39.8 Å². The van der Waals surface area contributed by atoms with E-state index in [4.69, 9.17) is 4.98 Å². The molecule has 0 aliphatic heterocycles. The largest absolute Gasteiger partial charge is 0.311 e. The summed E-state index contributed by atoms with van der Waals surface area (Å²) in [7, 11) is 0. The van der Waals surface area contributed by atoms with Gasteiger partial charge in [-0.2, -0.15) is 0 Å². The third kappa shape index (κ3) is 8.84. The predicted molar refractivity (Wildman–Crippen MR) is 290 cm³/mol. The first-order valence-electron chi connectivity index (χ1n) is 23.7. The van der Waals surface area contributed by atoms with Crippen molar-refractivity contribution in [2.75, 3.05) is 9.80 Å². The Hall–Kier alpha value is -8.73. The zero-order valence-corrected chi connectivity index (χ0v) is 39.1. The van der Waals surface area contributed by atoms with Crippen LogP contribution < -0.4 is 9.80 Å². The van der Waals surface area contributed by atoms with Crippen LogP contribution in [0, 0.1) is 0 Å². The number of rotatable bonds is 11. The Bertz CT molecular complexity index is 3380. The SMILES string of the molecule is CC(C)(C)c1ccc(N(c2ccc(-c3ccc(N(c4ccc(-c5ccccc5)cc4)c4ccc(-c5ccccc5)cc4)cc3)cc2)c2cccc(-c3nc4ccccn4c3-c3ccccc3)c2)cc1. The zero-order valence-electron chi connectivity index (χ0n) is 39.1. The third-order valence-corrected chi connectivity index (χ3v) is 13.0. The smallest absolute Gasteiger partial charge is 0.137 e. The minimum atomic E-state index is 0.0362. The standard InChI is InChI=1S/C65H52N4/c1-65(2,3)55-33-43-60(44-34-55)69(61-23-15-22-54(46-61)63-64(53-20-11-6-12-21-53)67-45-14-13-24-62(67)66-63)59-41-31-52(32-42-59)51-29-39-58(40-30-51)68(56-35-25-49(26-36-56)47-16-7-4-8-17-47)57-37-27-50(28-38-57)48-18-9-5-10-19-48/h4-46H,1-3H3. The summed E-state index contributed by atoms with van der Waals surface area (Å²) in [5.41, 5.74) is 20.0. The number of fused-ring (bicyclic) bond motifs is 1. The Morgan fingerprint density at radius 2 is 0.681 bits per heavy atom.